The zero-order valence-electron chi connectivity index (χ0n) is 10.3. The highest BCUT2D eigenvalue weighted by Crippen LogP contribution is 2.33. The van der Waals surface area contributed by atoms with Crippen molar-refractivity contribution in [2.75, 3.05) is 11.4 Å². The van der Waals surface area contributed by atoms with E-state index in [1.165, 1.54) is 6.92 Å². The number of aliphatic carboxylic acids is 1. The predicted molar refractivity (Wildman–Crippen MR) is 64.4 cm³/mol. The van der Waals surface area contributed by atoms with Crippen molar-refractivity contribution in [2.24, 2.45) is 0 Å². The van der Waals surface area contributed by atoms with Crippen molar-refractivity contribution in [3.63, 3.8) is 0 Å². The van der Waals surface area contributed by atoms with E-state index >= 15 is 0 Å². The van der Waals surface area contributed by atoms with E-state index < -0.39 is 29.3 Å². The summed E-state index contributed by atoms with van der Waals surface area (Å²) in [7, 11) is 0. The van der Waals surface area contributed by atoms with E-state index in [1.807, 2.05) is 0 Å². The minimum absolute atomic E-state index is 0.246. The van der Waals surface area contributed by atoms with Crippen LogP contribution in [-0.2, 0) is 9.59 Å². The van der Waals surface area contributed by atoms with Crippen LogP contribution in [0.2, 0.25) is 0 Å². The lowest BCUT2D eigenvalue weighted by Gasteiger charge is -2.17. The van der Waals surface area contributed by atoms with E-state index in [-0.39, 0.29) is 23.4 Å². The molecule has 0 saturated carbocycles. The van der Waals surface area contributed by atoms with Gasteiger partial charge in [-0.15, -0.1) is 0 Å². The van der Waals surface area contributed by atoms with Gasteiger partial charge in [0.1, 0.15) is 5.82 Å². The summed E-state index contributed by atoms with van der Waals surface area (Å²) in [5.41, 5.74) is -0.426. The highest BCUT2D eigenvalue weighted by molar-refractivity contribution is 6.52. The number of halogens is 2. The third-order valence-corrected chi connectivity index (χ3v) is 2.76. The summed E-state index contributed by atoms with van der Waals surface area (Å²) in [4.78, 5) is 34.7. The molecular formula is C13H9F2NO4. The van der Waals surface area contributed by atoms with Gasteiger partial charge in [0.05, 0.1) is 11.3 Å². The summed E-state index contributed by atoms with van der Waals surface area (Å²) < 4.78 is 26.8. The van der Waals surface area contributed by atoms with Gasteiger partial charge in [-0.3, -0.25) is 14.5 Å². The number of ketones is 1. The van der Waals surface area contributed by atoms with E-state index in [9.17, 15) is 23.2 Å². The molecule has 104 valence electrons. The normalized spacial score (nSPS) is 14.8. The summed E-state index contributed by atoms with van der Waals surface area (Å²) in [6.45, 7) is 1.16. The molecule has 1 amide bonds. The van der Waals surface area contributed by atoms with Crippen molar-refractivity contribution < 1.29 is 28.3 Å². The number of carboxylic acid groups (broad SMARTS) is 1. The summed E-state index contributed by atoms with van der Waals surface area (Å²) in [5, 5.41) is 8.59. The second-order valence-electron chi connectivity index (χ2n) is 4.33. The Hall–Kier alpha value is -2.57. The van der Waals surface area contributed by atoms with Gasteiger partial charge in [-0.1, -0.05) is 0 Å². The fourth-order valence-electron chi connectivity index (χ4n) is 2.01. The molecule has 1 aliphatic rings. The molecular weight excluding hydrogens is 272 g/mol. The molecule has 0 radical (unpaired) electrons. The van der Waals surface area contributed by atoms with Gasteiger partial charge in [-0.05, 0) is 18.6 Å². The molecule has 0 unspecified atom stereocenters. The maximum Gasteiger partial charge on any atom is 0.328 e. The number of anilines is 1. The zero-order chi connectivity index (χ0) is 15.0. The molecule has 0 bridgehead atoms. The maximum absolute atomic E-state index is 13.7. The van der Waals surface area contributed by atoms with Gasteiger partial charge >= 0.3 is 5.97 Å². The predicted octanol–water partition coefficient (Wildman–Crippen LogP) is 1.53. The molecule has 0 aromatic heterocycles. The lowest BCUT2D eigenvalue weighted by molar-refractivity contribution is -0.131. The first-order valence-electron chi connectivity index (χ1n) is 5.56. The Bertz CT molecular complexity index is 667. The third-order valence-electron chi connectivity index (χ3n) is 2.76. The second-order valence-corrected chi connectivity index (χ2v) is 4.33. The second kappa shape index (κ2) is 4.84. The first-order chi connectivity index (χ1) is 9.31. The molecule has 1 aromatic rings. The fourth-order valence-corrected chi connectivity index (χ4v) is 2.01. The monoisotopic (exact) mass is 281 g/mol. The van der Waals surface area contributed by atoms with Gasteiger partial charge in [0, 0.05) is 18.7 Å². The van der Waals surface area contributed by atoms with Crippen LogP contribution in [0.15, 0.2) is 23.8 Å². The van der Waals surface area contributed by atoms with Gasteiger partial charge in [0.2, 0.25) is 0 Å². The molecule has 1 aliphatic heterocycles. The number of nitrogens with zero attached hydrogens (tertiary/aromatic N) is 1. The Balaban J connectivity index is 2.46. The highest BCUT2D eigenvalue weighted by Gasteiger charge is 2.38. The Morgan fingerprint density at radius 3 is 2.60 bits per heavy atom. The number of carboxylic acids is 1. The molecule has 1 heterocycles. The largest absolute Gasteiger partial charge is 0.478 e. The lowest BCUT2D eigenvalue weighted by Crippen LogP contribution is -2.31. The molecule has 7 heteroatoms. The SMILES string of the molecule is CC(=CC(=O)O)CN1C(=O)C(=O)c2cc(F)cc(F)c21. The van der Waals surface area contributed by atoms with Crippen molar-refractivity contribution in [3.05, 3.63) is 41.0 Å². The van der Waals surface area contributed by atoms with Gasteiger partial charge in [-0.2, -0.15) is 0 Å². The summed E-state index contributed by atoms with van der Waals surface area (Å²) in [6, 6.07) is 1.35. The van der Waals surface area contributed by atoms with Crippen LogP contribution < -0.4 is 4.90 Å². The quantitative estimate of drug-likeness (QED) is 0.673. The standard InChI is InChI=1S/C13H9F2NO4/c1-6(2-10(17)18)5-16-11-8(12(19)13(16)20)3-7(14)4-9(11)15/h2-4H,5H2,1H3,(H,17,18). The number of hydrogen-bond donors (Lipinski definition) is 1. The molecule has 0 atom stereocenters. The van der Waals surface area contributed by atoms with Crippen LogP contribution >= 0.6 is 0 Å². The van der Waals surface area contributed by atoms with Gasteiger partial charge in [0.15, 0.2) is 5.82 Å². The average Bonchev–Trinajstić information content (AvgIpc) is 2.53. The molecule has 0 fully saturated rings. The lowest BCUT2D eigenvalue weighted by atomic mass is 10.1. The molecule has 0 saturated heterocycles. The van der Waals surface area contributed by atoms with Crippen LogP contribution in [0.3, 0.4) is 0 Å². The maximum atomic E-state index is 13.7. The van der Waals surface area contributed by atoms with E-state index in [1.54, 1.807) is 0 Å². The van der Waals surface area contributed by atoms with E-state index in [2.05, 4.69) is 0 Å². The van der Waals surface area contributed by atoms with Crippen molar-refractivity contribution >= 4 is 23.3 Å². The van der Waals surface area contributed by atoms with Crippen LogP contribution in [0.25, 0.3) is 0 Å². The molecule has 0 aliphatic carbocycles. The smallest absolute Gasteiger partial charge is 0.328 e. The number of hydrogen-bond acceptors (Lipinski definition) is 3. The molecule has 1 aromatic carbocycles. The van der Waals surface area contributed by atoms with E-state index in [0.29, 0.717) is 6.07 Å². The first-order valence-corrected chi connectivity index (χ1v) is 5.56. The Kier molecular flexibility index (Phi) is 3.35. The van der Waals surface area contributed by atoms with Crippen molar-refractivity contribution in [2.45, 2.75) is 6.92 Å². The fraction of sp³-hybridized carbons (Fsp3) is 0.154. The molecule has 2 rings (SSSR count). The molecule has 20 heavy (non-hydrogen) atoms. The van der Waals surface area contributed by atoms with Crippen LogP contribution in [0.4, 0.5) is 14.5 Å². The summed E-state index contributed by atoms with van der Waals surface area (Å²) >= 11 is 0. The number of Topliss-reactive ketones (excluding diaryl/α,β-unsaturated/α-hetero) is 1. The van der Waals surface area contributed by atoms with E-state index in [4.69, 9.17) is 5.11 Å². The number of rotatable bonds is 3. The van der Waals surface area contributed by atoms with Crippen LogP contribution in [0.1, 0.15) is 17.3 Å². The number of benzene rings is 1. The number of carbonyl (C=O) groups excluding carboxylic acids is 2. The number of carbonyl (C=O) groups is 3. The van der Waals surface area contributed by atoms with Crippen LogP contribution in [0.5, 0.6) is 0 Å². The van der Waals surface area contributed by atoms with E-state index in [0.717, 1.165) is 17.0 Å². The van der Waals surface area contributed by atoms with Gasteiger partial charge in [-0.25, -0.2) is 13.6 Å². The first kappa shape index (κ1) is 13.9. The van der Waals surface area contributed by atoms with Crippen molar-refractivity contribution in [1.29, 1.82) is 0 Å². The minimum Gasteiger partial charge on any atom is -0.478 e. The average molecular weight is 281 g/mol. The van der Waals surface area contributed by atoms with Gasteiger partial charge < -0.3 is 5.11 Å². The third kappa shape index (κ3) is 2.29. The van der Waals surface area contributed by atoms with Crippen LogP contribution in [-0.4, -0.2) is 29.3 Å². The minimum atomic E-state index is -1.22. The van der Waals surface area contributed by atoms with Crippen molar-refractivity contribution in [3.8, 4) is 0 Å². The number of fused-ring (bicyclic) bond motifs is 1. The summed E-state index contributed by atoms with van der Waals surface area (Å²) in [6.07, 6.45) is 0.844. The van der Waals surface area contributed by atoms with Crippen LogP contribution in [0, 0.1) is 11.6 Å². The molecule has 5 nitrogen and oxygen atoms in total. The topological polar surface area (TPSA) is 74.7 Å². The Morgan fingerprint density at radius 1 is 1.35 bits per heavy atom. The highest BCUT2D eigenvalue weighted by atomic mass is 19.1. The number of amides is 1. The molecule has 1 N–H and O–H groups in total. The Morgan fingerprint density at radius 2 is 2.00 bits per heavy atom. The zero-order valence-corrected chi connectivity index (χ0v) is 10.3. The molecule has 0 spiro atoms. The van der Waals surface area contributed by atoms with Gasteiger partial charge in [0.25, 0.3) is 11.7 Å². The summed E-state index contributed by atoms with van der Waals surface area (Å²) in [5.74, 6) is -5.24. The Labute approximate surface area is 112 Å². The van der Waals surface area contributed by atoms with Crippen molar-refractivity contribution in [1.82, 2.24) is 0 Å².